The van der Waals surface area contributed by atoms with Crippen molar-refractivity contribution in [1.82, 2.24) is 10.2 Å². The van der Waals surface area contributed by atoms with Gasteiger partial charge in [-0.3, -0.25) is 4.79 Å². The monoisotopic (exact) mass is 228 g/mol. The van der Waals surface area contributed by atoms with Crippen molar-refractivity contribution in [3.05, 3.63) is 0 Å². The molecule has 0 saturated heterocycles. The minimum Gasteiger partial charge on any atom is -0.372 e. The molecule has 16 heavy (non-hydrogen) atoms. The van der Waals surface area contributed by atoms with Crippen molar-refractivity contribution in [2.24, 2.45) is 0 Å². The van der Waals surface area contributed by atoms with E-state index in [2.05, 4.69) is 5.32 Å². The Labute approximate surface area is 98.3 Å². The maximum absolute atomic E-state index is 11.9. The standard InChI is InChI=1S/C12H24N2O2/c1-9(16-4)12(15)14(3)11-7-5-10(13-2)6-8-11/h9-11,13H,5-8H2,1-4H3. The van der Waals surface area contributed by atoms with E-state index < -0.39 is 0 Å². The first-order valence-corrected chi connectivity index (χ1v) is 6.06. The molecule has 0 aromatic heterocycles. The third kappa shape index (κ3) is 3.19. The fourth-order valence-electron chi connectivity index (χ4n) is 2.32. The van der Waals surface area contributed by atoms with Gasteiger partial charge in [0.2, 0.25) is 0 Å². The van der Waals surface area contributed by atoms with E-state index in [0.717, 1.165) is 25.7 Å². The normalized spacial score (nSPS) is 27.5. The predicted octanol–water partition coefficient (Wildman–Crippen LogP) is 1.01. The lowest BCUT2D eigenvalue weighted by Crippen LogP contribution is -2.46. The maximum atomic E-state index is 11.9. The van der Waals surface area contributed by atoms with E-state index in [4.69, 9.17) is 4.74 Å². The number of hydrogen-bond acceptors (Lipinski definition) is 3. The molecule has 1 N–H and O–H groups in total. The first kappa shape index (κ1) is 13.5. The number of likely N-dealkylation sites (N-methyl/N-ethyl adjacent to an activating group) is 1. The van der Waals surface area contributed by atoms with Crippen molar-refractivity contribution in [3.63, 3.8) is 0 Å². The zero-order valence-corrected chi connectivity index (χ0v) is 10.8. The van der Waals surface area contributed by atoms with Crippen LogP contribution < -0.4 is 5.32 Å². The Bertz CT molecular complexity index is 225. The van der Waals surface area contributed by atoms with Gasteiger partial charge in [-0.25, -0.2) is 0 Å². The highest BCUT2D eigenvalue weighted by molar-refractivity contribution is 5.80. The van der Waals surface area contributed by atoms with Crippen LogP contribution in [-0.2, 0) is 9.53 Å². The Kier molecular flexibility index (Phi) is 5.22. The van der Waals surface area contributed by atoms with Gasteiger partial charge in [-0.15, -0.1) is 0 Å². The van der Waals surface area contributed by atoms with Crippen molar-refractivity contribution in [3.8, 4) is 0 Å². The summed E-state index contributed by atoms with van der Waals surface area (Å²) >= 11 is 0. The molecule has 0 aromatic rings. The highest BCUT2D eigenvalue weighted by atomic mass is 16.5. The number of nitrogens with one attached hydrogen (secondary N) is 1. The molecule has 1 atom stereocenters. The number of carbonyl (C=O) groups excluding carboxylic acids is 1. The van der Waals surface area contributed by atoms with Crippen LogP contribution in [0.25, 0.3) is 0 Å². The molecule has 0 heterocycles. The summed E-state index contributed by atoms with van der Waals surface area (Å²) < 4.78 is 5.06. The van der Waals surface area contributed by atoms with Gasteiger partial charge in [-0.1, -0.05) is 0 Å². The Balaban J connectivity index is 2.43. The molecule has 0 aromatic carbocycles. The summed E-state index contributed by atoms with van der Waals surface area (Å²) in [5, 5.41) is 3.30. The molecule has 1 amide bonds. The summed E-state index contributed by atoms with van der Waals surface area (Å²) in [6.45, 7) is 1.80. The zero-order chi connectivity index (χ0) is 12.1. The number of rotatable bonds is 4. The van der Waals surface area contributed by atoms with E-state index in [-0.39, 0.29) is 12.0 Å². The van der Waals surface area contributed by atoms with Gasteiger partial charge in [0.25, 0.3) is 5.91 Å². The van der Waals surface area contributed by atoms with Crippen LogP contribution in [0.2, 0.25) is 0 Å². The fourth-order valence-corrected chi connectivity index (χ4v) is 2.32. The van der Waals surface area contributed by atoms with Crippen molar-refractivity contribution < 1.29 is 9.53 Å². The first-order chi connectivity index (χ1) is 7.60. The quantitative estimate of drug-likeness (QED) is 0.781. The van der Waals surface area contributed by atoms with Gasteiger partial charge >= 0.3 is 0 Å². The van der Waals surface area contributed by atoms with Gasteiger partial charge in [0.1, 0.15) is 6.10 Å². The van der Waals surface area contributed by atoms with Gasteiger partial charge in [-0.05, 0) is 39.7 Å². The lowest BCUT2D eigenvalue weighted by atomic mass is 9.90. The summed E-state index contributed by atoms with van der Waals surface area (Å²) in [5.74, 6) is 0.0930. The molecule has 4 heteroatoms. The number of ether oxygens (including phenoxy) is 1. The second-order valence-corrected chi connectivity index (χ2v) is 4.62. The third-order valence-electron chi connectivity index (χ3n) is 3.70. The second kappa shape index (κ2) is 6.21. The highest BCUT2D eigenvalue weighted by Gasteiger charge is 2.27. The van der Waals surface area contributed by atoms with Gasteiger partial charge in [0.05, 0.1) is 0 Å². The Hall–Kier alpha value is -0.610. The first-order valence-electron chi connectivity index (χ1n) is 6.06. The summed E-state index contributed by atoms with van der Waals surface area (Å²) in [6, 6.07) is 1.01. The van der Waals surface area contributed by atoms with Crippen molar-refractivity contribution in [1.29, 1.82) is 0 Å². The molecule has 1 saturated carbocycles. The number of nitrogens with zero attached hydrogens (tertiary/aromatic N) is 1. The van der Waals surface area contributed by atoms with Crippen LogP contribution in [-0.4, -0.2) is 50.2 Å². The van der Waals surface area contributed by atoms with Crippen LogP contribution in [0.15, 0.2) is 0 Å². The smallest absolute Gasteiger partial charge is 0.251 e. The van der Waals surface area contributed by atoms with E-state index >= 15 is 0 Å². The topological polar surface area (TPSA) is 41.6 Å². The second-order valence-electron chi connectivity index (χ2n) is 4.62. The Morgan fingerprint density at radius 2 is 1.94 bits per heavy atom. The predicted molar refractivity (Wildman–Crippen MR) is 64.3 cm³/mol. The largest absolute Gasteiger partial charge is 0.372 e. The Morgan fingerprint density at radius 3 is 2.38 bits per heavy atom. The van der Waals surface area contributed by atoms with Gasteiger partial charge in [0.15, 0.2) is 0 Å². The van der Waals surface area contributed by atoms with Crippen molar-refractivity contribution in [2.75, 3.05) is 21.2 Å². The minimum atomic E-state index is -0.327. The van der Waals surface area contributed by atoms with Crippen LogP contribution >= 0.6 is 0 Å². The SMILES string of the molecule is CNC1CCC(N(C)C(=O)C(C)OC)CC1. The summed E-state index contributed by atoms with van der Waals surface area (Å²) in [6.07, 6.45) is 4.15. The number of carbonyl (C=O) groups is 1. The molecule has 0 spiro atoms. The van der Waals surface area contributed by atoms with E-state index in [0.29, 0.717) is 12.1 Å². The van der Waals surface area contributed by atoms with E-state index in [9.17, 15) is 4.79 Å². The number of amides is 1. The lowest BCUT2D eigenvalue weighted by molar-refractivity contribution is -0.142. The van der Waals surface area contributed by atoms with Crippen molar-refractivity contribution >= 4 is 5.91 Å². The van der Waals surface area contributed by atoms with E-state index in [1.165, 1.54) is 0 Å². The minimum absolute atomic E-state index is 0.0930. The van der Waals surface area contributed by atoms with Crippen molar-refractivity contribution in [2.45, 2.75) is 50.8 Å². The number of methoxy groups -OCH3 is 1. The maximum Gasteiger partial charge on any atom is 0.251 e. The van der Waals surface area contributed by atoms with E-state index in [1.807, 2.05) is 19.0 Å². The average molecular weight is 228 g/mol. The molecule has 0 radical (unpaired) electrons. The fraction of sp³-hybridized carbons (Fsp3) is 0.917. The molecular weight excluding hydrogens is 204 g/mol. The summed E-state index contributed by atoms with van der Waals surface area (Å²) in [4.78, 5) is 13.8. The molecule has 1 unspecified atom stereocenters. The molecule has 94 valence electrons. The van der Waals surface area contributed by atoms with Crippen LogP contribution in [0.1, 0.15) is 32.6 Å². The molecule has 1 rings (SSSR count). The van der Waals surface area contributed by atoms with Gasteiger partial charge < -0.3 is 15.0 Å². The molecule has 0 aliphatic heterocycles. The lowest BCUT2D eigenvalue weighted by Gasteiger charge is -2.35. The summed E-state index contributed by atoms with van der Waals surface area (Å²) in [5.41, 5.74) is 0. The molecule has 1 fully saturated rings. The molecule has 4 nitrogen and oxygen atoms in total. The van der Waals surface area contributed by atoms with Gasteiger partial charge in [-0.2, -0.15) is 0 Å². The average Bonchev–Trinajstić information content (AvgIpc) is 2.36. The molecular formula is C12H24N2O2. The van der Waals surface area contributed by atoms with Gasteiger partial charge in [0, 0.05) is 26.2 Å². The van der Waals surface area contributed by atoms with Crippen LogP contribution in [0.4, 0.5) is 0 Å². The van der Waals surface area contributed by atoms with E-state index in [1.54, 1.807) is 14.0 Å². The molecule has 1 aliphatic rings. The summed E-state index contributed by atoms with van der Waals surface area (Å²) in [7, 11) is 5.48. The highest BCUT2D eigenvalue weighted by Crippen LogP contribution is 2.22. The van der Waals surface area contributed by atoms with Crippen LogP contribution in [0, 0.1) is 0 Å². The number of hydrogen-bond donors (Lipinski definition) is 1. The van der Waals surface area contributed by atoms with Crippen LogP contribution in [0.3, 0.4) is 0 Å². The molecule has 0 bridgehead atoms. The Morgan fingerprint density at radius 1 is 1.38 bits per heavy atom. The zero-order valence-electron chi connectivity index (χ0n) is 10.8. The molecule has 1 aliphatic carbocycles. The third-order valence-corrected chi connectivity index (χ3v) is 3.70. The van der Waals surface area contributed by atoms with Crippen LogP contribution in [0.5, 0.6) is 0 Å².